The first kappa shape index (κ1) is 8.97. The van der Waals surface area contributed by atoms with Gasteiger partial charge in [-0.3, -0.25) is 9.69 Å². The molecule has 1 spiro atoms. The fraction of sp³-hybridized carbons (Fsp3) is 0.889. The van der Waals surface area contributed by atoms with Crippen LogP contribution in [0.25, 0.3) is 0 Å². The van der Waals surface area contributed by atoms with Gasteiger partial charge in [0.05, 0.1) is 0 Å². The smallest absolute Gasteiger partial charge is 0.322 e. The second-order valence-corrected chi connectivity index (χ2v) is 3.71. The molecule has 13 heavy (non-hydrogen) atoms. The van der Waals surface area contributed by atoms with Crippen LogP contribution in [0.2, 0.25) is 0 Å². The molecule has 2 aliphatic rings. The summed E-state index contributed by atoms with van der Waals surface area (Å²) in [5.74, 6) is -0.0782. The Balaban J connectivity index is 2.13. The second kappa shape index (κ2) is 3.27. The Morgan fingerprint density at radius 2 is 2.54 bits per heavy atom. The third kappa shape index (κ3) is 1.44. The Kier molecular flexibility index (Phi) is 2.26. The van der Waals surface area contributed by atoms with Gasteiger partial charge in [-0.1, -0.05) is 6.92 Å². The van der Waals surface area contributed by atoms with Crippen LogP contribution in [0.3, 0.4) is 0 Å². The van der Waals surface area contributed by atoms with E-state index in [-0.39, 0.29) is 11.7 Å². The van der Waals surface area contributed by atoms with Gasteiger partial charge in [0.25, 0.3) is 0 Å². The van der Waals surface area contributed by atoms with Crippen molar-refractivity contribution in [1.29, 1.82) is 0 Å². The van der Waals surface area contributed by atoms with E-state index in [1.165, 1.54) is 0 Å². The molecule has 0 aliphatic carbocycles. The molecular weight excluding hydrogens is 168 g/mol. The van der Waals surface area contributed by atoms with Gasteiger partial charge in [-0.15, -0.1) is 0 Å². The topological polar surface area (TPSA) is 41.6 Å². The number of carbonyl (C=O) groups is 1. The van der Waals surface area contributed by atoms with Crippen molar-refractivity contribution in [2.24, 2.45) is 0 Å². The Bertz CT molecular complexity index is 212. The zero-order chi connectivity index (χ0) is 9.31. The van der Waals surface area contributed by atoms with Crippen LogP contribution < -0.4 is 5.32 Å². The summed E-state index contributed by atoms with van der Waals surface area (Å²) in [4.78, 5) is 13.3. The van der Waals surface area contributed by atoms with Gasteiger partial charge in [0.15, 0.2) is 5.72 Å². The van der Waals surface area contributed by atoms with Gasteiger partial charge in [0, 0.05) is 13.0 Å². The van der Waals surface area contributed by atoms with E-state index in [0.29, 0.717) is 6.54 Å². The maximum absolute atomic E-state index is 11.2. The van der Waals surface area contributed by atoms with Crippen molar-refractivity contribution in [1.82, 2.24) is 10.2 Å². The number of hydrogen-bond acceptors (Lipinski definition) is 4. The molecule has 0 saturated carbocycles. The summed E-state index contributed by atoms with van der Waals surface area (Å²) >= 11 is 0. The second-order valence-electron chi connectivity index (χ2n) is 3.71. The van der Waals surface area contributed by atoms with Crippen molar-refractivity contribution < 1.29 is 9.53 Å². The summed E-state index contributed by atoms with van der Waals surface area (Å²) in [5.41, 5.74) is -0.315. The summed E-state index contributed by atoms with van der Waals surface area (Å²) in [7, 11) is 0. The minimum absolute atomic E-state index is 0.0782. The molecule has 0 bridgehead atoms. The van der Waals surface area contributed by atoms with E-state index >= 15 is 0 Å². The number of carbonyl (C=O) groups excluding carboxylic acids is 1. The standard InChI is InChI=1S/C9H16N2O2/c1-2-11-6-8(12)13-9(11)4-3-5-10-7-9/h10H,2-7H2,1H3. The van der Waals surface area contributed by atoms with E-state index in [4.69, 9.17) is 4.74 Å². The number of esters is 1. The zero-order valence-electron chi connectivity index (χ0n) is 8.01. The molecule has 0 aromatic rings. The molecule has 4 heteroatoms. The van der Waals surface area contributed by atoms with Crippen LogP contribution in [0.5, 0.6) is 0 Å². The molecule has 2 rings (SSSR count). The first-order valence-electron chi connectivity index (χ1n) is 4.94. The molecule has 74 valence electrons. The van der Waals surface area contributed by atoms with Gasteiger partial charge >= 0.3 is 5.97 Å². The molecule has 0 aromatic heterocycles. The van der Waals surface area contributed by atoms with Crippen molar-refractivity contribution >= 4 is 5.97 Å². The third-order valence-corrected chi connectivity index (χ3v) is 2.90. The number of likely N-dealkylation sites (N-methyl/N-ethyl adjacent to an activating group) is 1. The van der Waals surface area contributed by atoms with Gasteiger partial charge in [-0.05, 0) is 19.5 Å². The highest BCUT2D eigenvalue weighted by molar-refractivity contribution is 5.74. The first-order valence-corrected chi connectivity index (χ1v) is 4.94. The van der Waals surface area contributed by atoms with Gasteiger partial charge in [0.2, 0.25) is 0 Å². The predicted octanol–water partition coefficient (Wildman–Crippen LogP) is -0.0552. The van der Waals surface area contributed by atoms with Crippen LogP contribution in [0.15, 0.2) is 0 Å². The molecule has 0 radical (unpaired) electrons. The molecule has 2 saturated heterocycles. The molecule has 0 aromatic carbocycles. The summed E-state index contributed by atoms with van der Waals surface area (Å²) in [6.45, 7) is 5.23. The summed E-state index contributed by atoms with van der Waals surface area (Å²) in [5, 5.41) is 3.28. The SMILES string of the molecule is CCN1CC(=O)OC12CCCNC2. The van der Waals surface area contributed by atoms with Crippen LogP contribution in [-0.4, -0.2) is 42.8 Å². The highest BCUT2D eigenvalue weighted by Gasteiger charge is 2.46. The van der Waals surface area contributed by atoms with Crippen molar-refractivity contribution in [2.45, 2.75) is 25.5 Å². The minimum Gasteiger partial charge on any atom is -0.441 e. The fourth-order valence-electron chi connectivity index (χ4n) is 2.23. The average molecular weight is 184 g/mol. The van der Waals surface area contributed by atoms with Gasteiger partial charge < -0.3 is 10.1 Å². The zero-order valence-corrected chi connectivity index (χ0v) is 8.01. The Morgan fingerprint density at radius 3 is 3.15 bits per heavy atom. The van der Waals surface area contributed by atoms with Crippen molar-refractivity contribution in [3.8, 4) is 0 Å². The van der Waals surface area contributed by atoms with Crippen LogP contribution in [0, 0.1) is 0 Å². The van der Waals surface area contributed by atoms with E-state index < -0.39 is 0 Å². The van der Waals surface area contributed by atoms with Crippen LogP contribution in [0.4, 0.5) is 0 Å². The largest absolute Gasteiger partial charge is 0.441 e. The normalized spacial score (nSPS) is 35.3. The van der Waals surface area contributed by atoms with Crippen LogP contribution in [0.1, 0.15) is 19.8 Å². The molecule has 2 fully saturated rings. The quantitative estimate of drug-likeness (QED) is 0.580. The molecule has 2 aliphatic heterocycles. The number of nitrogens with zero attached hydrogens (tertiary/aromatic N) is 1. The fourth-order valence-corrected chi connectivity index (χ4v) is 2.23. The number of ether oxygens (including phenoxy) is 1. The average Bonchev–Trinajstić information content (AvgIpc) is 2.43. The van der Waals surface area contributed by atoms with E-state index in [0.717, 1.165) is 32.5 Å². The number of nitrogens with one attached hydrogen (secondary N) is 1. The summed E-state index contributed by atoms with van der Waals surface area (Å²) < 4.78 is 5.42. The Labute approximate surface area is 78.2 Å². The van der Waals surface area contributed by atoms with E-state index in [1.54, 1.807) is 0 Å². The van der Waals surface area contributed by atoms with Gasteiger partial charge in [-0.2, -0.15) is 0 Å². The van der Waals surface area contributed by atoms with E-state index in [1.807, 2.05) is 0 Å². The maximum atomic E-state index is 11.2. The van der Waals surface area contributed by atoms with Crippen molar-refractivity contribution in [2.75, 3.05) is 26.2 Å². The highest BCUT2D eigenvalue weighted by atomic mass is 16.6. The Morgan fingerprint density at radius 1 is 1.69 bits per heavy atom. The van der Waals surface area contributed by atoms with Crippen molar-refractivity contribution in [3.63, 3.8) is 0 Å². The number of piperidine rings is 1. The molecular formula is C9H16N2O2. The third-order valence-electron chi connectivity index (χ3n) is 2.90. The van der Waals surface area contributed by atoms with E-state index in [9.17, 15) is 4.79 Å². The van der Waals surface area contributed by atoms with E-state index in [2.05, 4.69) is 17.1 Å². The lowest BCUT2D eigenvalue weighted by Gasteiger charge is -2.38. The first-order chi connectivity index (χ1) is 6.27. The highest BCUT2D eigenvalue weighted by Crippen LogP contribution is 2.30. The summed E-state index contributed by atoms with van der Waals surface area (Å²) in [6.07, 6.45) is 2.06. The molecule has 1 atom stereocenters. The lowest BCUT2D eigenvalue weighted by molar-refractivity contribution is -0.156. The Hall–Kier alpha value is -0.610. The van der Waals surface area contributed by atoms with Crippen molar-refractivity contribution in [3.05, 3.63) is 0 Å². The minimum atomic E-state index is -0.315. The number of rotatable bonds is 1. The van der Waals surface area contributed by atoms with Gasteiger partial charge in [0.1, 0.15) is 6.54 Å². The monoisotopic (exact) mass is 184 g/mol. The maximum Gasteiger partial charge on any atom is 0.322 e. The molecule has 0 amide bonds. The molecule has 2 heterocycles. The van der Waals surface area contributed by atoms with Gasteiger partial charge in [-0.25, -0.2) is 0 Å². The molecule has 1 unspecified atom stereocenters. The number of hydrogen-bond donors (Lipinski definition) is 1. The lowest BCUT2D eigenvalue weighted by atomic mass is 10.0. The lowest BCUT2D eigenvalue weighted by Crippen LogP contribution is -2.55. The predicted molar refractivity (Wildman–Crippen MR) is 48.2 cm³/mol. The van der Waals surface area contributed by atoms with Crippen LogP contribution >= 0.6 is 0 Å². The van der Waals surface area contributed by atoms with Crippen LogP contribution in [-0.2, 0) is 9.53 Å². The molecule has 1 N–H and O–H groups in total. The summed E-state index contributed by atoms with van der Waals surface area (Å²) in [6, 6.07) is 0. The molecule has 4 nitrogen and oxygen atoms in total.